The van der Waals surface area contributed by atoms with Gasteiger partial charge in [0.15, 0.2) is 0 Å². The van der Waals surface area contributed by atoms with Crippen LogP contribution in [-0.4, -0.2) is 80.0 Å². The Balaban J connectivity index is 0.00000140. The van der Waals surface area contributed by atoms with Gasteiger partial charge >= 0.3 is 0 Å². The summed E-state index contributed by atoms with van der Waals surface area (Å²) in [5.41, 5.74) is 2.15. The minimum Gasteiger partial charge on any atom is -0.339 e. The standard InChI is InChI=1S/C21H32N4O.2ClH/c1-23-10-12-24(13-11-23)16-17-2-4-18(5-3-17)21(26)25-8-6-19-14-22-15-20(19)7-9-25;;/h2-5,19-20,22H,6-16H2,1H3;2*1H/t19-,20+;;. The third-order valence-electron chi connectivity index (χ3n) is 6.51. The quantitative estimate of drug-likeness (QED) is 0.801. The van der Waals surface area contributed by atoms with Gasteiger partial charge < -0.3 is 15.1 Å². The van der Waals surface area contributed by atoms with Crippen molar-refractivity contribution >= 4 is 30.7 Å². The minimum atomic E-state index is 0. The largest absolute Gasteiger partial charge is 0.339 e. The van der Waals surface area contributed by atoms with E-state index in [0.717, 1.165) is 89.1 Å². The fraction of sp³-hybridized carbons (Fsp3) is 0.667. The highest BCUT2D eigenvalue weighted by Gasteiger charge is 2.31. The monoisotopic (exact) mass is 428 g/mol. The summed E-state index contributed by atoms with van der Waals surface area (Å²) in [6.07, 6.45) is 2.29. The zero-order valence-electron chi connectivity index (χ0n) is 16.8. The number of amides is 1. The van der Waals surface area contributed by atoms with Gasteiger partial charge in [-0.05, 0) is 62.5 Å². The molecule has 3 aliphatic heterocycles. The molecule has 7 heteroatoms. The van der Waals surface area contributed by atoms with Crippen molar-refractivity contribution in [3.63, 3.8) is 0 Å². The van der Waals surface area contributed by atoms with Crippen LogP contribution in [0.15, 0.2) is 24.3 Å². The third kappa shape index (κ3) is 5.61. The zero-order chi connectivity index (χ0) is 17.9. The van der Waals surface area contributed by atoms with Crippen molar-refractivity contribution in [2.45, 2.75) is 19.4 Å². The second-order valence-electron chi connectivity index (χ2n) is 8.32. The molecule has 3 heterocycles. The number of hydrogen-bond donors (Lipinski definition) is 1. The number of rotatable bonds is 3. The molecular weight excluding hydrogens is 395 g/mol. The first-order valence-corrected chi connectivity index (χ1v) is 10.2. The Labute approximate surface area is 181 Å². The number of piperazine rings is 1. The van der Waals surface area contributed by atoms with E-state index in [9.17, 15) is 4.79 Å². The van der Waals surface area contributed by atoms with Crippen LogP contribution in [0.3, 0.4) is 0 Å². The van der Waals surface area contributed by atoms with Crippen LogP contribution in [0.5, 0.6) is 0 Å². The molecular formula is C21H34Cl2N4O. The predicted molar refractivity (Wildman–Crippen MR) is 119 cm³/mol. The highest BCUT2D eigenvalue weighted by atomic mass is 35.5. The molecule has 0 unspecified atom stereocenters. The smallest absolute Gasteiger partial charge is 0.253 e. The van der Waals surface area contributed by atoms with E-state index in [0.29, 0.717) is 0 Å². The van der Waals surface area contributed by atoms with Gasteiger partial charge in [0.1, 0.15) is 0 Å². The Hall–Kier alpha value is -0.850. The first-order chi connectivity index (χ1) is 12.7. The van der Waals surface area contributed by atoms with Gasteiger partial charge in [0.25, 0.3) is 5.91 Å². The number of likely N-dealkylation sites (N-methyl/N-ethyl adjacent to an activating group) is 1. The summed E-state index contributed by atoms with van der Waals surface area (Å²) in [6.45, 7) is 9.61. The zero-order valence-corrected chi connectivity index (χ0v) is 18.4. The van der Waals surface area contributed by atoms with Crippen LogP contribution in [-0.2, 0) is 6.54 Å². The minimum absolute atomic E-state index is 0. The number of carbonyl (C=O) groups excluding carboxylic acids is 1. The number of halogens is 2. The number of hydrogen-bond acceptors (Lipinski definition) is 4. The maximum absolute atomic E-state index is 12.9. The Bertz CT molecular complexity index is 605. The summed E-state index contributed by atoms with van der Waals surface area (Å²) in [5, 5.41) is 3.50. The molecule has 0 radical (unpaired) electrons. The van der Waals surface area contributed by atoms with E-state index < -0.39 is 0 Å². The molecule has 0 bridgehead atoms. The number of nitrogens with one attached hydrogen (secondary N) is 1. The van der Waals surface area contributed by atoms with Crippen molar-refractivity contribution in [1.82, 2.24) is 20.0 Å². The summed E-state index contributed by atoms with van der Waals surface area (Å²) in [5.74, 6) is 1.74. The fourth-order valence-electron chi connectivity index (χ4n) is 4.62. The topological polar surface area (TPSA) is 38.8 Å². The lowest BCUT2D eigenvalue weighted by atomic mass is 9.92. The van der Waals surface area contributed by atoms with Crippen LogP contribution >= 0.6 is 24.8 Å². The maximum atomic E-state index is 12.9. The maximum Gasteiger partial charge on any atom is 0.253 e. The molecule has 0 spiro atoms. The highest BCUT2D eigenvalue weighted by molar-refractivity contribution is 5.94. The lowest BCUT2D eigenvalue weighted by Gasteiger charge is -2.32. The second kappa shape index (κ2) is 10.8. The van der Waals surface area contributed by atoms with E-state index in [2.05, 4.69) is 39.2 Å². The molecule has 0 aliphatic carbocycles. The number of benzene rings is 1. The normalized spacial score (nSPS) is 26.0. The fourth-order valence-corrected chi connectivity index (χ4v) is 4.62. The molecule has 158 valence electrons. The summed E-state index contributed by atoms with van der Waals surface area (Å²) >= 11 is 0. The van der Waals surface area contributed by atoms with Crippen molar-refractivity contribution in [3.8, 4) is 0 Å². The van der Waals surface area contributed by atoms with Crippen molar-refractivity contribution in [2.75, 3.05) is 59.4 Å². The van der Waals surface area contributed by atoms with Crippen LogP contribution in [0.25, 0.3) is 0 Å². The molecule has 1 aromatic rings. The molecule has 28 heavy (non-hydrogen) atoms. The second-order valence-corrected chi connectivity index (χ2v) is 8.32. The highest BCUT2D eigenvalue weighted by Crippen LogP contribution is 2.27. The molecule has 1 N–H and O–H groups in total. The van der Waals surface area contributed by atoms with Crippen LogP contribution in [0, 0.1) is 11.8 Å². The molecule has 0 saturated carbocycles. The number of fused-ring (bicyclic) bond motifs is 1. The first kappa shape index (κ1) is 23.4. The van der Waals surface area contributed by atoms with E-state index >= 15 is 0 Å². The van der Waals surface area contributed by atoms with Crippen LogP contribution in [0.4, 0.5) is 0 Å². The van der Waals surface area contributed by atoms with Gasteiger partial charge in [0.2, 0.25) is 0 Å². The molecule has 5 nitrogen and oxygen atoms in total. The Morgan fingerprint density at radius 2 is 1.50 bits per heavy atom. The van der Waals surface area contributed by atoms with Gasteiger partial charge in [-0.2, -0.15) is 0 Å². The molecule has 1 amide bonds. The summed E-state index contributed by atoms with van der Waals surface area (Å²) in [4.78, 5) is 19.9. The van der Waals surface area contributed by atoms with E-state index in [-0.39, 0.29) is 30.7 Å². The van der Waals surface area contributed by atoms with Gasteiger partial charge in [-0.15, -0.1) is 24.8 Å². The molecule has 4 rings (SSSR count). The van der Waals surface area contributed by atoms with E-state index in [1.54, 1.807) is 0 Å². The van der Waals surface area contributed by atoms with Crippen molar-refractivity contribution in [1.29, 1.82) is 0 Å². The number of carbonyl (C=O) groups is 1. The van der Waals surface area contributed by atoms with E-state index in [4.69, 9.17) is 0 Å². The average molecular weight is 429 g/mol. The third-order valence-corrected chi connectivity index (χ3v) is 6.51. The summed E-state index contributed by atoms with van der Waals surface area (Å²) < 4.78 is 0. The Kier molecular flexibility index (Phi) is 9.03. The van der Waals surface area contributed by atoms with Crippen LogP contribution in [0.1, 0.15) is 28.8 Å². The van der Waals surface area contributed by atoms with Crippen molar-refractivity contribution < 1.29 is 4.79 Å². The van der Waals surface area contributed by atoms with Gasteiger partial charge in [0.05, 0.1) is 0 Å². The van der Waals surface area contributed by atoms with Gasteiger partial charge in [-0.3, -0.25) is 9.69 Å². The van der Waals surface area contributed by atoms with Crippen molar-refractivity contribution in [2.24, 2.45) is 11.8 Å². The van der Waals surface area contributed by atoms with Gasteiger partial charge in [0, 0.05) is 51.4 Å². The predicted octanol–water partition coefficient (Wildman–Crippen LogP) is 2.35. The molecule has 3 saturated heterocycles. The van der Waals surface area contributed by atoms with Gasteiger partial charge in [-0.25, -0.2) is 0 Å². The number of nitrogens with zero attached hydrogens (tertiary/aromatic N) is 3. The summed E-state index contributed by atoms with van der Waals surface area (Å²) in [7, 11) is 2.18. The Morgan fingerprint density at radius 3 is 2.07 bits per heavy atom. The average Bonchev–Trinajstić information content (AvgIpc) is 3.02. The summed E-state index contributed by atoms with van der Waals surface area (Å²) in [6, 6.07) is 8.34. The molecule has 3 fully saturated rings. The van der Waals surface area contributed by atoms with Crippen molar-refractivity contribution in [3.05, 3.63) is 35.4 Å². The molecule has 3 aliphatic rings. The number of likely N-dealkylation sites (tertiary alicyclic amines) is 1. The van der Waals surface area contributed by atoms with E-state index in [1.165, 1.54) is 5.56 Å². The molecule has 1 aromatic carbocycles. The lowest BCUT2D eigenvalue weighted by molar-refractivity contribution is 0.0758. The van der Waals surface area contributed by atoms with Crippen LogP contribution in [0.2, 0.25) is 0 Å². The molecule has 2 atom stereocenters. The van der Waals surface area contributed by atoms with Crippen LogP contribution < -0.4 is 5.32 Å². The lowest BCUT2D eigenvalue weighted by Crippen LogP contribution is -2.43. The molecule has 0 aromatic heterocycles. The van der Waals surface area contributed by atoms with E-state index in [1.807, 2.05) is 12.1 Å². The van der Waals surface area contributed by atoms with Gasteiger partial charge in [-0.1, -0.05) is 12.1 Å². The SMILES string of the molecule is CN1CCN(Cc2ccc(C(=O)N3CC[C@@H]4CNC[C@@H]4CC3)cc2)CC1.Cl.Cl. The Morgan fingerprint density at radius 1 is 0.929 bits per heavy atom. The first-order valence-electron chi connectivity index (χ1n) is 10.2.